The minimum Gasteiger partial charge on any atom is -0.381 e. The lowest BCUT2D eigenvalue weighted by Crippen LogP contribution is -2.53. The Morgan fingerprint density at radius 3 is 2.86 bits per heavy atom. The van der Waals surface area contributed by atoms with Gasteiger partial charge in [-0.1, -0.05) is 0 Å². The molecule has 1 aliphatic carbocycles. The molecule has 2 aliphatic rings. The van der Waals surface area contributed by atoms with Crippen LogP contribution in [0.15, 0.2) is 0 Å². The first kappa shape index (κ1) is 10.4. The zero-order valence-electron chi connectivity index (χ0n) is 9.31. The third kappa shape index (κ3) is 2.27. The third-order valence-electron chi connectivity index (χ3n) is 3.67. The van der Waals surface area contributed by atoms with E-state index < -0.39 is 0 Å². The molecule has 14 heavy (non-hydrogen) atoms. The first-order valence-corrected chi connectivity index (χ1v) is 5.73. The highest BCUT2D eigenvalue weighted by Gasteiger charge is 2.32. The maximum Gasteiger partial charge on any atom is 0.0601 e. The molecular formula is C11H22N2O. The number of hydrogen-bond acceptors (Lipinski definition) is 3. The summed E-state index contributed by atoms with van der Waals surface area (Å²) in [5, 5.41) is 7.19. The zero-order chi connectivity index (χ0) is 10.0. The van der Waals surface area contributed by atoms with Gasteiger partial charge in [-0.15, -0.1) is 0 Å². The molecule has 0 amide bonds. The highest BCUT2D eigenvalue weighted by Crippen LogP contribution is 2.24. The van der Waals surface area contributed by atoms with E-state index in [0.29, 0.717) is 17.7 Å². The Bertz CT molecular complexity index is 184. The Balaban J connectivity index is 1.63. The highest BCUT2D eigenvalue weighted by atomic mass is 16.5. The van der Waals surface area contributed by atoms with Gasteiger partial charge in [0.2, 0.25) is 0 Å². The van der Waals surface area contributed by atoms with Gasteiger partial charge in [-0.25, -0.2) is 0 Å². The van der Waals surface area contributed by atoms with Gasteiger partial charge in [-0.3, -0.25) is 0 Å². The molecule has 1 saturated carbocycles. The maximum absolute atomic E-state index is 5.26. The van der Waals surface area contributed by atoms with Gasteiger partial charge in [0.1, 0.15) is 0 Å². The lowest BCUT2D eigenvalue weighted by Gasteiger charge is -2.37. The van der Waals surface area contributed by atoms with Gasteiger partial charge < -0.3 is 15.4 Å². The fraction of sp³-hybridized carbons (Fsp3) is 1.00. The molecule has 0 bridgehead atoms. The summed E-state index contributed by atoms with van der Waals surface area (Å²) in [7, 11) is 1.81. The molecule has 1 unspecified atom stereocenters. The van der Waals surface area contributed by atoms with Crippen molar-refractivity contribution in [3.05, 3.63) is 0 Å². The van der Waals surface area contributed by atoms with Crippen molar-refractivity contribution in [2.24, 2.45) is 0 Å². The first-order valence-electron chi connectivity index (χ1n) is 5.73. The number of methoxy groups -OCH3 is 1. The van der Waals surface area contributed by atoms with Crippen LogP contribution in [-0.4, -0.2) is 37.9 Å². The fourth-order valence-corrected chi connectivity index (χ4v) is 2.40. The summed E-state index contributed by atoms with van der Waals surface area (Å²) < 4.78 is 5.26. The summed E-state index contributed by atoms with van der Waals surface area (Å²) in [6, 6.07) is 0.694. The Kier molecular flexibility index (Phi) is 3.10. The largest absolute Gasteiger partial charge is 0.381 e. The molecule has 2 rings (SSSR count). The van der Waals surface area contributed by atoms with Gasteiger partial charge in [-0.05, 0) is 39.2 Å². The Morgan fingerprint density at radius 2 is 2.29 bits per heavy atom. The number of rotatable bonds is 4. The van der Waals surface area contributed by atoms with Gasteiger partial charge in [0.05, 0.1) is 6.10 Å². The molecule has 0 spiro atoms. The molecular weight excluding hydrogens is 176 g/mol. The van der Waals surface area contributed by atoms with Gasteiger partial charge in [0, 0.05) is 25.2 Å². The maximum atomic E-state index is 5.26. The molecule has 2 fully saturated rings. The monoisotopic (exact) mass is 198 g/mol. The molecule has 1 aliphatic heterocycles. The minimum absolute atomic E-state index is 0.345. The van der Waals surface area contributed by atoms with E-state index in [1.165, 1.54) is 32.2 Å². The second-order valence-electron chi connectivity index (χ2n) is 5.00. The molecule has 0 aromatic rings. The Labute approximate surface area is 86.6 Å². The average molecular weight is 198 g/mol. The van der Waals surface area contributed by atoms with Crippen LogP contribution in [0.2, 0.25) is 0 Å². The summed E-state index contributed by atoms with van der Waals surface area (Å²) in [6.45, 7) is 4.61. The molecule has 0 aromatic carbocycles. The van der Waals surface area contributed by atoms with E-state index in [9.17, 15) is 0 Å². The lowest BCUT2D eigenvalue weighted by atomic mass is 9.88. The lowest BCUT2D eigenvalue weighted by molar-refractivity contribution is 0.0159. The SMILES string of the molecule is COC1CC(NCC2(C)CCCN2)C1. The highest BCUT2D eigenvalue weighted by molar-refractivity contribution is 4.94. The molecule has 3 nitrogen and oxygen atoms in total. The van der Waals surface area contributed by atoms with Gasteiger partial charge in [0.25, 0.3) is 0 Å². The van der Waals surface area contributed by atoms with E-state index in [1.54, 1.807) is 7.11 Å². The van der Waals surface area contributed by atoms with Crippen LogP contribution in [0.4, 0.5) is 0 Å². The topological polar surface area (TPSA) is 33.3 Å². The fourth-order valence-electron chi connectivity index (χ4n) is 2.40. The van der Waals surface area contributed by atoms with E-state index in [1.807, 2.05) is 0 Å². The summed E-state index contributed by atoms with van der Waals surface area (Å²) in [5.74, 6) is 0. The van der Waals surface area contributed by atoms with E-state index >= 15 is 0 Å². The van der Waals surface area contributed by atoms with E-state index in [0.717, 1.165) is 6.54 Å². The molecule has 2 N–H and O–H groups in total. The van der Waals surface area contributed by atoms with Crippen molar-refractivity contribution >= 4 is 0 Å². The van der Waals surface area contributed by atoms with Crippen LogP contribution in [0, 0.1) is 0 Å². The predicted octanol–water partition coefficient (Wildman–Crippen LogP) is 0.895. The van der Waals surface area contributed by atoms with Gasteiger partial charge in [-0.2, -0.15) is 0 Å². The molecule has 1 saturated heterocycles. The van der Waals surface area contributed by atoms with Crippen molar-refractivity contribution < 1.29 is 4.74 Å². The molecule has 1 heterocycles. The number of ether oxygens (including phenoxy) is 1. The minimum atomic E-state index is 0.345. The second kappa shape index (κ2) is 4.17. The summed E-state index contributed by atoms with van der Waals surface area (Å²) in [6.07, 6.45) is 5.51. The first-order chi connectivity index (χ1) is 6.72. The van der Waals surface area contributed by atoms with Crippen LogP contribution >= 0.6 is 0 Å². The smallest absolute Gasteiger partial charge is 0.0601 e. The van der Waals surface area contributed by atoms with Crippen molar-refractivity contribution in [3.63, 3.8) is 0 Å². The van der Waals surface area contributed by atoms with Crippen molar-refractivity contribution in [1.29, 1.82) is 0 Å². The normalized spacial score (nSPS) is 42.4. The van der Waals surface area contributed by atoms with E-state index in [4.69, 9.17) is 4.74 Å². The summed E-state index contributed by atoms with van der Waals surface area (Å²) >= 11 is 0. The number of hydrogen-bond donors (Lipinski definition) is 2. The van der Waals surface area contributed by atoms with Crippen molar-refractivity contribution in [3.8, 4) is 0 Å². The molecule has 3 heteroatoms. The van der Waals surface area contributed by atoms with Crippen LogP contribution in [-0.2, 0) is 4.74 Å². The van der Waals surface area contributed by atoms with Crippen LogP contribution in [0.5, 0.6) is 0 Å². The van der Waals surface area contributed by atoms with Gasteiger partial charge in [0.15, 0.2) is 0 Å². The summed E-state index contributed by atoms with van der Waals surface area (Å²) in [4.78, 5) is 0. The van der Waals surface area contributed by atoms with E-state index in [-0.39, 0.29) is 0 Å². The van der Waals surface area contributed by atoms with Crippen molar-refractivity contribution in [1.82, 2.24) is 10.6 Å². The van der Waals surface area contributed by atoms with Crippen molar-refractivity contribution in [2.75, 3.05) is 20.2 Å². The molecule has 82 valence electrons. The van der Waals surface area contributed by atoms with Crippen LogP contribution < -0.4 is 10.6 Å². The molecule has 1 atom stereocenters. The Hall–Kier alpha value is -0.120. The zero-order valence-corrected chi connectivity index (χ0v) is 9.31. The average Bonchev–Trinajstić information content (AvgIpc) is 2.50. The third-order valence-corrected chi connectivity index (χ3v) is 3.67. The summed E-state index contributed by atoms with van der Waals surface area (Å²) in [5.41, 5.74) is 0.345. The molecule has 0 aromatic heterocycles. The van der Waals surface area contributed by atoms with Crippen LogP contribution in [0.1, 0.15) is 32.6 Å². The van der Waals surface area contributed by atoms with Gasteiger partial charge >= 0.3 is 0 Å². The quantitative estimate of drug-likeness (QED) is 0.704. The predicted molar refractivity (Wildman–Crippen MR) is 57.5 cm³/mol. The van der Waals surface area contributed by atoms with Crippen LogP contribution in [0.25, 0.3) is 0 Å². The van der Waals surface area contributed by atoms with E-state index in [2.05, 4.69) is 17.6 Å². The van der Waals surface area contributed by atoms with Crippen molar-refractivity contribution in [2.45, 2.75) is 50.3 Å². The second-order valence-corrected chi connectivity index (χ2v) is 5.00. The van der Waals surface area contributed by atoms with Crippen LogP contribution in [0.3, 0.4) is 0 Å². The standard InChI is InChI=1S/C11H22N2O/c1-11(4-3-5-13-11)8-12-9-6-10(7-9)14-2/h9-10,12-13H,3-8H2,1-2H3. The molecule has 0 radical (unpaired) electrons. The number of nitrogens with one attached hydrogen (secondary N) is 2. The Morgan fingerprint density at radius 1 is 1.50 bits per heavy atom.